The molecule has 1 aromatic heterocycles. The highest BCUT2D eigenvalue weighted by atomic mass is 35.5. The minimum absolute atomic E-state index is 0.0531. The van der Waals surface area contributed by atoms with Crippen molar-refractivity contribution in [1.82, 2.24) is 10.4 Å². The maximum atomic E-state index is 13.9. The molecular formula is C11H8ClF4N3S. The Labute approximate surface area is 120 Å². The van der Waals surface area contributed by atoms with Gasteiger partial charge in [0.25, 0.3) is 0 Å². The van der Waals surface area contributed by atoms with E-state index in [0.717, 1.165) is 6.20 Å². The van der Waals surface area contributed by atoms with Gasteiger partial charge in [0, 0.05) is 16.6 Å². The Morgan fingerprint density at radius 1 is 1.35 bits per heavy atom. The van der Waals surface area contributed by atoms with Gasteiger partial charge in [-0.15, -0.1) is 11.3 Å². The van der Waals surface area contributed by atoms with Crippen molar-refractivity contribution >= 4 is 22.9 Å². The molecule has 0 spiro atoms. The van der Waals surface area contributed by atoms with Gasteiger partial charge in [0.05, 0.1) is 11.1 Å². The van der Waals surface area contributed by atoms with Crippen molar-refractivity contribution in [2.75, 3.05) is 0 Å². The van der Waals surface area contributed by atoms with E-state index in [9.17, 15) is 17.6 Å². The Hall–Kier alpha value is -1.22. The predicted molar refractivity (Wildman–Crippen MR) is 67.7 cm³/mol. The summed E-state index contributed by atoms with van der Waals surface area (Å²) >= 11 is 6.04. The van der Waals surface area contributed by atoms with Crippen molar-refractivity contribution in [3.05, 3.63) is 50.7 Å². The van der Waals surface area contributed by atoms with E-state index >= 15 is 0 Å². The third-order valence-electron chi connectivity index (χ3n) is 2.51. The van der Waals surface area contributed by atoms with Crippen molar-refractivity contribution in [2.24, 2.45) is 5.84 Å². The second kappa shape index (κ2) is 5.65. The third-order valence-corrected chi connectivity index (χ3v) is 3.91. The van der Waals surface area contributed by atoms with E-state index in [0.29, 0.717) is 11.3 Å². The van der Waals surface area contributed by atoms with Gasteiger partial charge in [-0.3, -0.25) is 5.84 Å². The van der Waals surface area contributed by atoms with Crippen molar-refractivity contribution < 1.29 is 17.6 Å². The fourth-order valence-electron chi connectivity index (χ4n) is 1.62. The molecule has 0 aliphatic heterocycles. The van der Waals surface area contributed by atoms with E-state index in [2.05, 4.69) is 10.4 Å². The summed E-state index contributed by atoms with van der Waals surface area (Å²) in [6.07, 6.45) is -3.53. The smallest absolute Gasteiger partial charge is 0.271 e. The standard InChI is InChI=1S/C11H8ClF4N3S/c12-6-3-1-2-5(8(6)13)9(19-17)7-4-18-10(20-7)11(14,15)16/h1-4,9,19H,17H2. The molecular weight excluding hydrogens is 318 g/mol. The number of hydrogen-bond donors (Lipinski definition) is 2. The zero-order valence-electron chi connectivity index (χ0n) is 9.71. The van der Waals surface area contributed by atoms with Gasteiger partial charge in [0.2, 0.25) is 0 Å². The highest BCUT2D eigenvalue weighted by Crippen LogP contribution is 2.36. The monoisotopic (exact) mass is 325 g/mol. The number of nitrogens with two attached hydrogens (primary N) is 1. The first kappa shape index (κ1) is 15.2. The average Bonchev–Trinajstić information content (AvgIpc) is 2.85. The Balaban J connectivity index is 2.43. The van der Waals surface area contributed by atoms with Crippen molar-refractivity contribution in [3.63, 3.8) is 0 Å². The van der Waals surface area contributed by atoms with E-state index in [4.69, 9.17) is 17.4 Å². The van der Waals surface area contributed by atoms with Crippen LogP contribution in [0.3, 0.4) is 0 Å². The van der Waals surface area contributed by atoms with Crippen LogP contribution in [-0.2, 0) is 6.18 Å². The van der Waals surface area contributed by atoms with Gasteiger partial charge in [-0.2, -0.15) is 13.2 Å². The molecule has 0 radical (unpaired) electrons. The molecule has 0 fully saturated rings. The highest BCUT2D eigenvalue weighted by Gasteiger charge is 2.35. The van der Waals surface area contributed by atoms with Crippen LogP contribution >= 0.6 is 22.9 Å². The Bertz CT molecular complexity index is 614. The number of halogens is 5. The predicted octanol–water partition coefficient (Wildman–Crippen LogP) is 3.51. The fraction of sp³-hybridized carbons (Fsp3) is 0.182. The molecule has 0 bridgehead atoms. The lowest BCUT2D eigenvalue weighted by molar-refractivity contribution is -0.137. The molecule has 3 nitrogen and oxygen atoms in total. The molecule has 108 valence electrons. The summed E-state index contributed by atoms with van der Waals surface area (Å²) in [5, 5.41) is -1.15. The lowest BCUT2D eigenvalue weighted by Gasteiger charge is -2.15. The molecule has 1 atom stereocenters. The lowest BCUT2D eigenvalue weighted by Crippen LogP contribution is -2.29. The summed E-state index contributed by atoms with van der Waals surface area (Å²) < 4.78 is 51.4. The number of alkyl halides is 3. The van der Waals surface area contributed by atoms with Crippen molar-refractivity contribution in [1.29, 1.82) is 0 Å². The van der Waals surface area contributed by atoms with Gasteiger partial charge < -0.3 is 0 Å². The molecule has 1 heterocycles. The zero-order chi connectivity index (χ0) is 14.9. The molecule has 0 aliphatic rings. The maximum Gasteiger partial charge on any atom is 0.443 e. The summed E-state index contributed by atoms with van der Waals surface area (Å²) in [4.78, 5) is 3.42. The van der Waals surface area contributed by atoms with Crippen LogP contribution in [0.1, 0.15) is 21.5 Å². The minimum Gasteiger partial charge on any atom is -0.271 e. The fourth-order valence-corrected chi connectivity index (χ4v) is 2.66. The topological polar surface area (TPSA) is 50.9 Å². The number of nitrogens with one attached hydrogen (secondary N) is 1. The molecule has 0 aliphatic carbocycles. The second-order valence-corrected chi connectivity index (χ2v) is 5.28. The largest absolute Gasteiger partial charge is 0.443 e. The third kappa shape index (κ3) is 2.93. The van der Waals surface area contributed by atoms with E-state index in [1.165, 1.54) is 18.2 Å². The van der Waals surface area contributed by atoms with Gasteiger partial charge in [0.1, 0.15) is 5.82 Å². The summed E-state index contributed by atoms with van der Waals surface area (Å²) in [7, 11) is 0. The van der Waals surface area contributed by atoms with Crippen LogP contribution in [0.5, 0.6) is 0 Å². The van der Waals surface area contributed by atoms with Gasteiger partial charge >= 0.3 is 6.18 Å². The van der Waals surface area contributed by atoms with Crippen LogP contribution in [0, 0.1) is 5.82 Å². The van der Waals surface area contributed by atoms with Gasteiger partial charge in [-0.05, 0) is 6.07 Å². The molecule has 3 N–H and O–H groups in total. The van der Waals surface area contributed by atoms with Crippen molar-refractivity contribution in [2.45, 2.75) is 12.2 Å². The number of benzene rings is 1. The number of hydrazine groups is 1. The number of hydrogen-bond acceptors (Lipinski definition) is 4. The average molecular weight is 326 g/mol. The second-order valence-electron chi connectivity index (χ2n) is 3.81. The molecule has 0 amide bonds. The lowest BCUT2D eigenvalue weighted by atomic mass is 10.1. The minimum atomic E-state index is -4.55. The Morgan fingerprint density at radius 2 is 2.05 bits per heavy atom. The Morgan fingerprint density at radius 3 is 2.60 bits per heavy atom. The summed E-state index contributed by atoms with van der Waals surface area (Å²) in [6, 6.07) is 3.25. The van der Waals surface area contributed by atoms with Crippen LogP contribution in [-0.4, -0.2) is 4.98 Å². The van der Waals surface area contributed by atoms with E-state index in [1.807, 2.05) is 0 Å². The van der Waals surface area contributed by atoms with Crippen LogP contribution in [0.4, 0.5) is 17.6 Å². The first-order valence-corrected chi connectivity index (χ1v) is 6.47. The first-order chi connectivity index (χ1) is 9.34. The molecule has 1 aromatic carbocycles. The molecule has 0 saturated heterocycles. The SMILES string of the molecule is NNC(c1cnc(C(F)(F)F)s1)c1cccc(Cl)c1F. The van der Waals surface area contributed by atoms with E-state index in [1.54, 1.807) is 0 Å². The quantitative estimate of drug-likeness (QED) is 0.516. The molecule has 20 heavy (non-hydrogen) atoms. The van der Waals surface area contributed by atoms with Gasteiger partial charge in [-0.25, -0.2) is 14.8 Å². The zero-order valence-corrected chi connectivity index (χ0v) is 11.3. The van der Waals surface area contributed by atoms with Gasteiger partial charge in [0.15, 0.2) is 5.01 Å². The summed E-state index contributed by atoms with van der Waals surface area (Å²) in [6.45, 7) is 0. The van der Waals surface area contributed by atoms with Crippen LogP contribution in [0.15, 0.2) is 24.4 Å². The van der Waals surface area contributed by atoms with Crippen LogP contribution in [0.2, 0.25) is 5.02 Å². The van der Waals surface area contributed by atoms with Crippen LogP contribution in [0.25, 0.3) is 0 Å². The number of aromatic nitrogens is 1. The Kier molecular flexibility index (Phi) is 4.28. The first-order valence-electron chi connectivity index (χ1n) is 5.27. The number of thiazole rings is 1. The molecule has 0 saturated carbocycles. The van der Waals surface area contributed by atoms with Crippen LogP contribution < -0.4 is 11.3 Å². The van der Waals surface area contributed by atoms with E-state index < -0.39 is 23.0 Å². The highest BCUT2D eigenvalue weighted by molar-refractivity contribution is 7.11. The van der Waals surface area contributed by atoms with Crippen molar-refractivity contribution in [3.8, 4) is 0 Å². The molecule has 2 rings (SSSR count). The normalized spacial score (nSPS) is 13.5. The number of rotatable bonds is 3. The molecule has 1 unspecified atom stereocenters. The van der Waals surface area contributed by atoms with Gasteiger partial charge in [-0.1, -0.05) is 23.7 Å². The summed E-state index contributed by atoms with van der Waals surface area (Å²) in [5.74, 6) is 4.58. The number of nitrogens with zero attached hydrogens (tertiary/aromatic N) is 1. The maximum absolute atomic E-state index is 13.9. The molecule has 9 heteroatoms. The van der Waals surface area contributed by atoms with E-state index in [-0.39, 0.29) is 15.5 Å². The molecule has 2 aromatic rings. The summed E-state index contributed by atoms with van der Waals surface area (Å²) in [5.41, 5.74) is 2.33.